The van der Waals surface area contributed by atoms with Crippen molar-refractivity contribution in [2.24, 2.45) is 5.92 Å². The Morgan fingerprint density at radius 3 is 2.48 bits per heavy atom. The predicted molar refractivity (Wildman–Crippen MR) is 131 cm³/mol. The van der Waals surface area contributed by atoms with Crippen molar-refractivity contribution in [1.82, 2.24) is 9.80 Å². The zero-order valence-electron chi connectivity index (χ0n) is 19.6. The van der Waals surface area contributed by atoms with E-state index in [-0.39, 0.29) is 0 Å². The third-order valence-electron chi connectivity index (χ3n) is 7.27. The molecule has 2 aromatic carbocycles. The van der Waals surface area contributed by atoms with E-state index in [2.05, 4.69) is 72.2 Å². The van der Waals surface area contributed by atoms with Crippen molar-refractivity contribution < 1.29 is 9.15 Å². The van der Waals surface area contributed by atoms with E-state index < -0.39 is 0 Å². The van der Waals surface area contributed by atoms with E-state index in [1.807, 2.05) is 6.26 Å². The lowest BCUT2D eigenvalue weighted by molar-refractivity contribution is 0.166. The molecule has 1 N–H and O–H groups in total. The van der Waals surface area contributed by atoms with E-state index in [1.54, 1.807) is 6.26 Å². The number of piperidine rings is 1. The number of amidine groups is 1. The van der Waals surface area contributed by atoms with Crippen LogP contribution in [0.3, 0.4) is 0 Å². The number of fused-ring (bicyclic) bond motifs is 2. The SMILES string of the molecule is CCN(CC)C(=N)c1ccc2c(c1)Oc1ccccc1C2C1CCN(Cc2ccoc2)CC1. The van der Waals surface area contributed by atoms with Crippen LogP contribution >= 0.6 is 0 Å². The number of ether oxygens (including phenoxy) is 1. The highest BCUT2D eigenvalue weighted by atomic mass is 16.5. The molecular weight excluding hydrogens is 410 g/mol. The molecule has 0 radical (unpaired) electrons. The van der Waals surface area contributed by atoms with Crippen molar-refractivity contribution >= 4 is 5.84 Å². The lowest BCUT2D eigenvalue weighted by Gasteiger charge is -2.39. The van der Waals surface area contributed by atoms with E-state index in [0.29, 0.717) is 17.7 Å². The Hall–Kier alpha value is -3.05. The summed E-state index contributed by atoms with van der Waals surface area (Å²) >= 11 is 0. The molecule has 5 rings (SSSR count). The van der Waals surface area contributed by atoms with Crippen LogP contribution in [0.2, 0.25) is 0 Å². The van der Waals surface area contributed by atoms with Crippen LogP contribution in [-0.4, -0.2) is 41.8 Å². The van der Waals surface area contributed by atoms with Crippen LogP contribution in [0, 0.1) is 11.3 Å². The molecule has 2 aliphatic heterocycles. The van der Waals surface area contributed by atoms with Crippen LogP contribution in [0.1, 0.15) is 54.9 Å². The van der Waals surface area contributed by atoms with Crippen LogP contribution in [0.5, 0.6) is 11.5 Å². The number of hydrogen-bond acceptors (Lipinski definition) is 4. The molecule has 33 heavy (non-hydrogen) atoms. The van der Waals surface area contributed by atoms with Gasteiger partial charge in [-0.15, -0.1) is 0 Å². The summed E-state index contributed by atoms with van der Waals surface area (Å²) in [6, 6.07) is 16.9. The first-order valence-electron chi connectivity index (χ1n) is 12.2. The summed E-state index contributed by atoms with van der Waals surface area (Å²) in [5.74, 6) is 3.34. The molecule has 3 aromatic rings. The summed E-state index contributed by atoms with van der Waals surface area (Å²) in [4.78, 5) is 4.60. The molecular formula is C28H33N3O2. The standard InChI is InChI=1S/C28H33N3O2/c1-3-31(4-2)28(29)22-9-10-24-26(17-22)33-25-8-6-5-7-23(25)27(24)21-11-14-30(15-12-21)18-20-13-16-32-19-20/h5-10,13,16-17,19,21,27,29H,3-4,11-12,14-15,18H2,1-2H3. The Bertz CT molecular complexity index is 1100. The molecule has 1 atom stereocenters. The van der Waals surface area contributed by atoms with Crippen LogP contribution in [0.25, 0.3) is 0 Å². The van der Waals surface area contributed by atoms with Gasteiger partial charge in [0.25, 0.3) is 0 Å². The molecule has 0 saturated carbocycles. The number of benzene rings is 2. The quantitative estimate of drug-likeness (QED) is 0.370. The highest BCUT2D eigenvalue weighted by molar-refractivity contribution is 5.97. The van der Waals surface area contributed by atoms with Gasteiger partial charge in [-0.3, -0.25) is 10.3 Å². The van der Waals surface area contributed by atoms with Gasteiger partial charge in [0.1, 0.15) is 17.3 Å². The smallest absolute Gasteiger partial charge is 0.132 e. The second kappa shape index (κ2) is 9.44. The van der Waals surface area contributed by atoms with Crippen molar-refractivity contribution in [3.63, 3.8) is 0 Å². The van der Waals surface area contributed by atoms with Crippen LogP contribution in [0.15, 0.2) is 65.5 Å². The van der Waals surface area contributed by atoms with E-state index in [4.69, 9.17) is 14.6 Å². The maximum absolute atomic E-state index is 8.66. The summed E-state index contributed by atoms with van der Waals surface area (Å²) in [6.45, 7) is 8.99. The molecule has 3 heterocycles. The number of nitrogens with zero attached hydrogens (tertiary/aromatic N) is 2. The average Bonchev–Trinajstić information content (AvgIpc) is 3.36. The number of rotatable bonds is 6. The molecule has 1 unspecified atom stereocenters. The number of likely N-dealkylation sites (tertiary alicyclic amines) is 1. The maximum Gasteiger partial charge on any atom is 0.132 e. The minimum Gasteiger partial charge on any atom is -0.472 e. The Kier molecular flexibility index (Phi) is 6.23. The Balaban J connectivity index is 1.41. The van der Waals surface area contributed by atoms with Gasteiger partial charge in [0.05, 0.1) is 12.5 Å². The number of furan rings is 1. The van der Waals surface area contributed by atoms with Crippen molar-refractivity contribution in [2.75, 3.05) is 26.2 Å². The first-order chi connectivity index (χ1) is 16.2. The zero-order valence-corrected chi connectivity index (χ0v) is 19.6. The topological polar surface area (TPSA) is 52.7 Å². The van der Waals surface area contributed by atoms with Gasteiger partial charge < -0.3 is 14.1 Å². The molecule has 2 aliphatic rings. The number of para-hydroxylation sites is 1. The Morgan fingerprint density at radius 1 is 1.00 bits per heavy atom. The second-order valence-electron chi connectivity index (χ2n) is 9.14. The number of hydrogen-bond donors (Lipinski definition) is 1. The molecule has 1 aromatic heterocycles. The summed E-state index contributed by atoms with van der Waals surface area (Å²) in [7, 11) is 0. The number of nitrogens with one attached hydrogen (secondary N) is 1. The molecule has 0 spiro atoms. The van der Waals surface area contributed by atoms with Gasteiger partial charge in [-0.25, -0.2) is 0 Å². The first-order valence-corrected chi connectivity index (χ1v) is 12.2. The largest absolute Gasteiger partial charge is 0.472 e. The monoisotopic (exact) mass is 443 g/mol. The normalized spacial score (nSPS) is 18.3. The molecule has 172 valence electrons. The minimum absolute atomic E-state index is 0.331. The molecule has 5 nitrogen and oxygen atoms in total. The molecule has 0 bridgehead atoms. The molecule has 1 saturated heterocycles. The highest BCUT2D eigenvalue weighted by Gasteiger charge is 2.35. The van der Waals surface area contributed by atoms with Gasteiger partial charge in [0.15, 0.2) is 0 Å². The first kappa shape index (κ1) is 21.8. The summed E-state index contributed by atoms with van der Waals surface area (Å²) in [6.07, 6.45) is 5.93. The van der Waals surface area contributed by atoms with Gasteiger partial charge in [-0.05, 0) is 63.9 Å². The predicted octanol–water partition coefficient (Wildman–Crippen LogP) is 6.10. The lowest BCUT2D eigenvalue weighted by Crippen LogP contribution is -2.36. The van der Waals surface area contributed by atoms with E-state index in [1.165, 1.54) is 16.7 Å². The molecule has 1 fully saturated rings. The minimum atomic E-state index is 0.331. The second-order valence-corrected chi connectivity index (χ2v) is 9.14. The summed E-state index contributed by atoms with van der Waals surface area (Å²) < 4.78 is 11.6. The van der Waals surface area contributed by atoms with Crippen LogP contribution < -0.4 is 4.74 Å². The van der Waals surface area contributed by atoms with E-state index in [0.717, 1.165) is 62.6 Å². The Labute approximate surface area is 196 Å². The fourth-order valence-corrected chi connectivity index (χ4v) is 5.46. The van der Waals surface area contributed by atoms with Gasteiger partial charge in [-0.2, -0.15) is 0 Å². The Morgan fingerprint density at radius 2 is 1.76 bits per heavy atom. The van der Waals surface area contributed by atoms with E-state index in [9.17, 15) is 0 Å². The van der Waals surface area contributed by atoms with Crippen molar-refractivity contribution in [2.45, 2.75) is 39.2 Å². The van der Waals surface area contributed by atoms with E-state index >= 15 is 0 Å². The van der Waals surface area contributed by atoms with Crippen LogP contribution in [0.4, 0.5) is 0 Å². The van der Waals surface area contributed by atoms with Crippen LogP contribution in [-0.2, 0) is 6.54 Å². The van der Waals surface area contributed by atoms with Crippen molar-refractivity contribution in [1.29, 1.82) is 5.41 Å². The highest BCUT2D eigenvalue weighted by Crippen LogP contribution is 2.50. The third kappa shape index (κ3) is 4.30. The molecule has 0 amide bonds. The zero-order chi connectivity index (χ0) is 22.8. The fourth-order valence-electron chi connectivity index (χ4n) is 5.46. The summed E-state index contributed by atoms with van der Waals surface area (Å²) in [5.41, 5.74) is 4.73. The van der Waals surface area contributed by atoms with Crippen molar-refractivity contribution in [3.05, 3.63) is 83.3 Å². The summed E-state index contributed by atoms with van der Waals surface area (Å²) in [5, 5.41) is 8.66. The molecule has 0 aliphatic carbocycles. The molecule has 5 heteroatoms. The lowest BCUT2D eigenvalue weighted by atomic mass is 9.74. The fraction of sp³-hybridized carbons (Fsp3) is 0.393. The van der Waals surface area contributed by atoms with Gasteiger partial charge in [0.2, 0.25) is 0 Å². The van der Waals surface area contributed by atoms with Gasteiger partial charge >= 0.3 is 0 Å². The van der Waals surface area contributed by atoms with Gasteiger partial charge in [0, 0.05) is 47.8 Å². The average molecular weight is 444 g/mol. The van der Waals surface area contributed by atoms with Gasteiger partial charge in [-0.1, -0.05) is 30.3 Å². The van der Waals surface area contributed by atoms with Crippen molar-refractivity contribution in [3.8, 4) is 11.5 Å². The maximum atomic E-state index is 8.66. The third-order valence-corrected chi connectivity index (χ3v) is 7.27.